The molecule has 2 rings (SSSR count). The predicted octanol–water partition coefficient (Wildman–Crippen LogP) is 1.96. The third-order valence-electron chi connectivity index (χ3n) is 3.10. The number of anilines is 1. The number of halogens is 1. The van der Waals surface area contributed by atoms with E-state index in [9.17, 15) is 4.79 Å². The molecule has 0 fully saturated rings. The van der Waals surface area contributed by atoms with Gasteiger partial charge >= 0.3 is 0 Å². The molecule has 7 nitrogen and oxygen atoms in total. The molecule has 2 heterocycles. The highest BCUT2D eigenvalue weighted by Gasteiger charge is 2.16. The van der Waals surface area contributed by atoms with Crippen LogP contribution in [0.5, 0.6) is 0 Å². The van der Waals surface area contributed by atoms with E-state index in [4.69, 9.17) is 17.3 Å². The lowest BCUT2D eigenvalue weighted by Gasteiger charge is -2.16. The van der Waals surface area contributed by atoms with Gasteiger partial charge in [-0.1, -0.05) is 25.4 Å². The van der Waals surface area contributed by atoms with Gasteiger partial charge in [-0.3, -0.25) is 10.1 Å². The van der Waals surface area contributed by atoms with E-state index >= 15 is 0 Å². The topological polar surface area (TPSA) is 110 Å². The Morgan fingerprint density at radius 1 is 1.48 bits per heavy atom. The van der Waals surface area contributed by atoms with Crippen molar-refractivity contribution in [1.29, 1.82) is 0 Å². The molecule has 8 heteroatoms. The first kappa shape index (κ1) is 15.7. The monoisotopic (exact) mass is 310 g/mol. The summed E-state index contributed by atoms with van der Waals surface area (Å²) in [5.41, 5.74) is 6.67. The fourth-order valence-corrected chi connectivity index (χ4v) is 2.44. The summed E-state index contributed by atoms with van der Waals surface area (Å²) in [5, 5.41) is 2.87. The van der Waals surface area contributed by atoms with Crippen LogP contribution < -0.4 is 11.1 Å². The van der Waals surface area contributed by atoms with E-state index in [1.54, 1.807) is 0 Å². The van der Waals surface area contributed by atoms with Gasteiger partial charge in [0, 0.05) is 6.42 Å². The molecular weight excluding hydrogens is 292 g/mol. The van der Waals surface area contributed by atoms with Crippen molar-refractivity contribution in [3.8, 4) is 0 Å². The molecule has 0 aliphatic heterocycles. The lowest BCUT2D eigenvalue weighted by molar-refractivity contribution is -0.117. The molecule has 0 aliphatic carbocycles. The number of nitrogens with one attached hydrogen (secondary N) is 2. The highest BCUT2D eigenvalue weighted by Crippen LogP contribution is 2.19. The van der Waals surface area contributed by atoms with Crippen LogP contribution in [0, 0.1) is 11.8 Å². The molecule has 114 valence electrons. The number of carbonyl (C=O) groups is 1. The number of fused-ring (bicyclic) bond motifs is 1. The molecule has 0 saturated carbocycles. The van der Waals surface area contributed by atoms with Crippen LogP contribution in [0.3, 0.4) is 0 Å². The molecule has 0 radical (unpaired) electrons. The van der Waals surface area contributed by atoms with E-state index in [-0.39, 0.29) is 22.9 Å². The van der Waals surface area contributed by atoms with E-state index in [1.165, 1.54) is 6.33 Å². The average Bonchev–Trinajstić information content (AvgIpc) is 2.86. The number of nitrogens with zero attached hydrogens (tertiary/aromatic N) is 3. The first-order valence-corrected chi connectivity index (χ1v) is 7.24. The molecule has 0 aliphatic rings. The fourth-order valence-electron chi connectivity index (χ4n) is 2.22. The van der Waals surface area contributed by atoms with Crippen molar-refractivity contribution >= 4 is 34.6 Å². The molecule has 2 aromatic heterocycles. The molecule has 0 bridgehead atoms. The third-order valence-corrected chi connectivity index (χ3v) is 3.38. The molecule has 0 unspecified atom stereocenters. The first-order chi connectivity index (χ1) is 9.99. The van der Waals surface area contributed by atoms with Crippen LogP contribution in [-0.2, 0) is 4.79 Å². The van der Waals surface area contributed by atoms with Crippen molar-refractivity contribution < 1.29 is 4.79 Å². The minimum atomic E-state index is -0.169. The SMILES string of the molecule is CC(C)C[C@H](CN)CC(=O)Nc1nc(Cl)c2[nH]cnc2n1. The minimum Gasteiger partial charge on any atom is -0.341 e. The maximum atomic E-state index is 12.0. The second kappa shape index (κ2) is 6.82. The van der Waals surface area contributed by atoms with Gasteiger partial charge in [-0.05, 0) is 24.8 Å². The number of aromatic nitrogens is 4. The van der Waals surface area contributed by atoms with Gasteiger partial charge in [0.05, 0.1) is 6.33 Å². The standard InChI is InChI=1S/C13H19ClN6O/c1-7(2)3-8(5-15)4-9(21)18-13-19-11(14)10-12(20-13)17-6-16-10/h6-8H,3-5,15H2,1-2H3,(H2,16,17,18,19,20,21)/t8-/m0/s1. The molecule has 1 atom stereocenters. The molecule has 0 aromatic carbocycles. The van der Waals surface area contributed by atoms with Crippen LogP contribution in [0.2, 0.25) is 5.15 Å². The molecular formula is C13H19ClN6O. The Labute approximate surface area is 127 Å². The van der Waals surface area contributed by atoms with Gasteiger partial charge in [-0.15, -0.1) is 0 Å². The summed E-state index contributed by atoms with van der Waals surface area (Å²) in [4.78, 5) is 27.0. The smallest absolute Gasteiger partial charge is 0.233 e. The Bertz CT molecular complexity index is 626. The van der Waals surface area contributed by atoms with Crippen molar-refractivity contribution in [3.63, 3.8) is 0 Å². The number of amides is 1. The normalized spacial score (nSPS) is 12.8. The highest BCUT2D eigenvalue weighted by molar-refractivity contribution is 6.33. The van der Waals surface area contributed by atoms with E-state index in [0.717, 1.165) is 6.42 Å². The van der Waals surface area contributed by atoms with Crippen molar-refractivity contribution in [1.82, 2.24) is 19.9 Å². The lowest BCUT2D eigenvalue weighted by atomic mass is 9.94. The number of carbonyl (C=O) groups excluding carboxylic acids is 1. The van der Waals surface area contributed by atoms with E-state index in [1.807, 2.05) is 0 Å². The lowest BCUT2D eigenvalue weighted by Crippen LogP contribution is -2.24. The molecule has 2 aromatic rings. The third kappa shape index (κ3) is 4.12. The zero-order valence-electron chi connectivity index (χ0n) is 12.1. The number of hydrogen-bond donors (Lipinski definition) is 3. The number of H-pyrrole nitrogens is 1. The van der Waals surface area contributed by atoms with Crippen molar-refractivity contribution in [2.24, 2.45) is 17.6 Å². The zero-order valence-corrected chi connectivity index (χ0v) is 12.8. The van der Waals surface area contributed by atoms with Gasteiger partial charge in [-0.2, -0.15) is 9.97 Å². The van der Waals surface area contributed by atoms with Crippen molar-refractivity contribution in [2.75, 3.05) is 11.9 Å². The van der Waals surface area contributed by atoms with E-state index in [2.05, 4.69) is 39.1 Å². The summed E-state index contributed by atoms with van der Waals surface area (Å²) >= 11 is 6.00. The molecule has 4 N–H and O–H groups in total. The number of imidazole rings is 1. The maximum Gasteiger partial charge on any atom is 0.233 e. The van der Waals surface area contributed by atoms with Gasteiger partial charge in [0.15, 0.2) is 10.8 Å². The summed E-state index contributed by atoms with van der Waals surface area (Å²) in [6, 6.07) is 0. The second-order valence-corrected chi connectivity index (χ2v) is 5.78. The fraction of sp³-hybridized carbons (Fsp3) is 0.538. The van der Waals surface area contributed by atoms with Crippen molar-refractivity contribution in [2.45, 2.75) is 26.7 Å². The van der Waals surface area contributed by atoms with E-state index in [0.29, 0.717) is 30.0 Å². The van der Waals surface area contributed by atoms with Crippen molar-refractivity contribution in [3.05, 3.63) is 11.5 Å². The number of rotatable bonds is 6. The zero-order chi connectivity index (χ0) is 15.4. The van der Waals surface area contributed by atoms with Gasteiger partial charge < -0.3 is 10.7 Å². The second-order valence-electron chi connectivity index (χ2n) is 5.42. The largest absolute Gasteiger partial charge is 0.341 e. The summed E-state index contributed by atoms with van der Waals surface area (Å²) in [6.45, 7) is 4.69. The summed E-state index contributed by atoms with van der Waals surface area (Å²) in [7, 11) is 0. The summed E-state index contributed by atoms with van der Waals surface area (Å²) in [5.74, 6) is 0.633. The minimum absolute atomic E-state index is 0.148. The van der Waals surface area contributed by atoms with Gasteiger partial charge in [0.25, 0.3) is 0 Å². The van der Waals surface area contributed by atoms with Crippen LogP contribution in [0.15, 0.2) is 6.33 Å². The Morgan fingerprint density at radius 2 is 2.24 bits per heavy atom. The molecule has 0 spiro atoms. The molecule has 1 amide bonds. The van der Waals surface area contributed by atoms with Gasteiger partial charge in [0.2, 0.25) is 11.9 Å². The average molecular weight is 311 g/mol. The predicted molar refractivity (Wildman–Crippen MR) is 81.9 cm³/mol. The number of hydrogen-bond acceptors (Lipinski definition) is 5. The van der Waals surface area contributed by atoms with Crippen LogP contribution in [0.1, 0.15) is 26.7 Å². The molecule has 21 heavy (non-hydrogen) atoms. The summed E-state index contributed by atoms with van der Waals surface area (Å²) in [6.07, 6.45) is 2.72. The Morgan fingerprint density at radius 3 is 2.90 bits per heavy atom. The van der Waals surface area contributed by atoms with Gasteiger partial charge in [0.1, 0.15) is 5.52 Å². The first-order valence-electron chi connectivity index (χ1n) is 6.86. The Balaban J connectivity index is 2.03. The van der Waals surface area contributed by atoms with Crippen LogP contribution >= 0.6 is 11.6 Å². The Hall–Kier alpha value is -1.73. The summed E-state index contributed by atoms with van der Waals surface area (Å²) < 4.78 is 0. The quantitative estimate of drug-likeness (QED) is 0.706. The van der Waals surface area contributed by atoms with Crippen LogP contribution in [0.4, 0.5) is 5.95 Å². The maximum absolute atomic E-state index is 12.0. The number of nitrogens with two attached hydrogens (primary N) is 1. The van der Waals surface area contributed by atoms with Gasteiger partial charge in [-0.25, -0.2) is 4.98 Å². The van der Waals surface area contributed by atoms with Crippen LogP contribution in [-0.4, -0.2) is 32.4 Å². The highest BCUT2D eigenvalue weighted by atomic mass is 35.5. The Kier molecular flexibility index (Phi) is 5.08. The van der Waals surface area contributed by atoms with Crippen LogP contribution in [0.25, 0.3) is 11.2 Å². The van der Waals surface area contributed by atoms with E-state index < -0.39 is 0 Å². The molecule has 0 saturated heterocycles. The number of aromatic amines is 1.